The number of terminal acetylenes is 1. The molecule has 2 aromatic carbocycles. The van der Waals surface area contributed by atoms with Crippen LogP contribution in [0.2, 0.25) is 6.82 Å². The largest absolute Gasteiger partial charge is 0.465 e. The maximum atomic E-state index is 12.2. The number of hydrogen-bond donors (Lipinski definition) is 1. The second-order valence-corrected chi connectivity index (χ2v) is 7.47. The van der Waals surface area contributed by atoms with Gasteiger partial charge in [0.1, 0.15) is 0 Å². The molecule has 1 aliphatic rings. The van der Waals surface area contributed by atoms with Crippen molar-refractivity contribution in [3.8, 4) is 47.3 Å². The van der Waals surface area contributed by atoms with Gasteiger partial charge in [0.25, 0.3) is 0 Å². The van der Waals surface area contributed by atoms with Gasteiger partial charge in [-0.15, -0.1) is 6.42 Å². The summed E-state index contributed by atoms with van der Waals surface area (Å²) in [6.45, 7) is 2.87. The summed E-state index contributed by atoms with van der Waals surface area (Å²) in [7, 11) is 0.679. The number of carbonyl (C=O) groups excluding carboxylic acids is 1. The van der Waals surface area contributed by atoms with E-state index in [-0.39, 0.29) is 0 Å². The monoisotopic (exact) mass is 432 g/mol. The first kappa shape index (κ1) is 21.9. The van der Waals surface area contributed by atoms with Crippen LogP contribution in [0.4, 0.5) is 5.69 Å². The van der Waals surface area contributed by atoms with Gasteiger partial charge in [-0.1, -0.05) is 36.4 Å². The van der Waals surface area contributed by atoms with Crippen molar-refractivity contribution in [2.24, 2.45) is 0 Å². The van der Waals surface area contributed by atoms with Crippen LogP contribution in [0, 0.1) is 36.0 Å². The summed E-state index contributed by atoms with van der Waals surface area (Å²) in [6, 6.07) is 13.3. The number of aromatic nitrogens is 1. The Hall–Kier alpha value is -4.31. The Morgan fingerprint density at radius 2 is 1.91 bits per heavy atom. The molecule has 0 bridgehead atoms. The zero-order valence-corrected chi connectivity index (χ0v) is 18.4. The third-order valence-corrected chi connectivity index (χ3v) is 5.55. The molecule has 0 fully saturated rings. The molecule has 4 rings (SSSR count). The second-order valence-electron chi connectivity index (χ2n) is 7.47. The molecule has 1 N–H and O–H groups in total. The molecule has 33 heavy (non-hydrogen) atoms. The van der Waals surface area contributed by atoms with E-state index in [1.807, 2.05) is 53.4 Å². The fraction of sp³-hybridized carbons (Fsp3) is 0.148. The molecule has 5 nitrogen and oxygen atoms in total. The van der Waals surface area contributed by atoms with Gasteiger partial charge in [0.2, 0.25) is 0 Å². The minimum atomic E-state index is -0.686. The van der Waals surface area contributed by atoms with Gasteiger partial charge in [-0.2, -0.15) is 0 Å². The number of carbonyl (C=O) groups is 1. The molecule has 0 amide bonds. The van der Waals surface area contributed by atoms with Gasteiger partial charge in [-0.25, -0.2) is 4.79 Å². The molecule has 0 unspecified atom stereocenters. The quantitative estimate of drug-likeness (QED) is 0.291. The number of ether oxygens (including phenoxy) is 1. The molecular weight excluding hydrogens is 411 g/mol. The molecule has 0 saturated carbocycles. The first-order valence-corrected chi connectivity index (χ1v) is 10.5. The summed E-state index contributed by atoms with van der Waals surface area (Å²) in [6.07, 6.45) is 9.31. The lowest BCUT2D eigenvalue weighted by Crippen LogP contribution is -2.37. The highest BCUT2D eigenvalue weighted by Crippen LogP contribution is 2.39. The SMILES string of the molecule is C#CC#CC#Cc1c2n(c3cc(C(=O)OC)ccc13)C/C=C/CN(B(C)O)c1ccccc1-2. The molecule has 0 radical (unpaired) electrons. The number of nitrogens with zero attached hydrogens (tertiary/aromatic N) is 2. The number of benzene rings is 2. The van der Waals surface area contributed by atoms with Gasteiger partial charge in [0.05, 0.1) is 29.4 Å². The smallest absolute Gasteiger partial charge is 0.409 e. The number of anilines is 1. The van der Waals surface area contributed by atoms with Crippen LogP contribution >= 0.6 is 0 Å². The highest BCUT2D eigenvalue weighted by Gasteiger charge is 2.25. The maximum absolute atomic E-state index is 12.2. The molecular formula is C27H21BN2O3. The fourth-order valence-corrected chi connectivity index (χ4v) is 4.10. The number of methoxy groups -OCH3 is 1. The lowest BCUT2D eigenvalue weighted by molar-refractivity contribution is 0.0601. The number of para-hydroxylation sites is 1. The van der Waals surface area contributed by atoms with E-state index in [4.69, 9.17) is 11.2 Å². The van der Waals surface area contributed by atoms with E-state index in [0.29, 0.717) is 18.7 Å². The number of fused-ring (bicyclic) bond motifs is 5. The number of hydrogen-bond acceptors (Lipinski definition) is 4. The van der Waals surface area contributed by atoms with Crippen LogP contribution in [0.25, 0.3) is 22.2 Å². The molecule has 1 aromatic heterocycles. The maximum Gasteiger partial charge on any atom is 0.409 e. The van der Waals surface area contributed by atoms with Gasteiger partial charge < -0.3 is 19.1 Å². The molecule has 0 spiro atoms. The van der Waals surface area contributed by atoms with Crippen molar-refractivity contribution in [1.82, 2.24) is 4.57 Å². The Kier molecular flexibility index (Phi) is 6.28. The lowest BCUT2D eigenvalue weighted by atomic mass is 9.83. The Morgan fingerprint density at radius 3 is 2.67 bits per heavy atom. The van der Waals surface area contributed by atoms with Crippen LogP contribution < -0.4 is 4.81 Å². The third-order valence-electron chi connectivity index (χ3n) is 5.55. The zero-order valence-electron chi connectivity index (χ0n) is 18.4. The second kappa shape index (κ2) is 9.45. The summed E-state index contributed by atoms with van der Waals surface area (Å²) < 4.78 is 7.05. The fourth-order valence-electron chi connectivity index (χ4n) is 4.10. The molecule has 2 heterocycles. The van der Waals surface area contributed by atoms with Crippen LogP contribution in [0.1, 0.15) is 15.9 Å². The van der Waals surface area contributed by atoms with E-state index in [1.165, 1.54) is 7.11 Å². The van der Waals surface area contributed by atoms with E-state index < -0.39 is 13.0 Å². The van der Waals surface area contributed by atoms with Crippen molar-refractivity contribution in [1.29, 1.82) is 0 Å². The summed E-state index contributed by atoms with van der Waals surface area (Å²) in [5.74, 6) is 13.1. The minimum Gasteiger partial charge on any atom is -0.465 e. The predicted molar refractivity (Wildman–Crippen MR) is 133 cm³/mol. The van der Waals surface area contributed by atoms with Gasteiger partial charge in [-0.05, 0) is 54.6 Å². The first-order valence-electron chi connectivity index (χ1n) is 10.5. The summed E-state index contributed by atoms with van der Waals surface area (Å²) in [5, 5.41) is 11.4. The Morgan fingerprint density at radius 1 is 1.12 bits per heavy atom. The standard InChI is InChI=1S/C27H21BN2O3/c1-4-5-6-7-12-22-21-16-15-20(27(31)33-3)19-25(21)29-17-10-11-18-30(28(2)32)24-14-9-8-13-23(24)26(22)29/h1,8-11,13-16,19,32H,17-18H2,2-3H3/b11-10+. The van der Waals surface area contributed by atoms with E-state index in [1.54, 1.807) is 12.9 Å². The van der Waals surface area contributed by atoms with Gasteiger partial charge in [0, 0.05) is 29.7 Å². The van der Waals surface area contributed by atoms with Crippen LogP contribution in [-0.2, 0) is 11.3 Å². The third kappa shape index (κ3) is 4.11. The van der Waals surface area contributed by atoms with Crippen LogP contribution in [0.15, 0.2) is 54.6 Å². The van der Waals surface area contributed by atoms with E-state index in [9.17, 15) is 9.82 Å². The molecule has 160 valence electrons. The van der Waals surface area contributed by atoms with E-state index in [0.717, 1.165) is 33.4 Å². The van der Waals surface area contributed by atoms with E-state index in [2.05, 4.69) is 34.2 Å². The Labute approximate surface area is 193 Å². The van der Waals surface area contributed by atoms with Crippen molar-refractivity contribution in [3.05, 3.63) is 65.7 Å². The highest BCUT2D eigenvalue weighted by atomic mass is 16.5. The van der Waals surface area contributed by atoms with Crippen molar-refractivity contribution >= 4 is 29.6 Å². The Balaban J connectivity index is 2.11. The molecule has 0 atom stereocenters. The molecule has 6 heteroatoms. The summed E-state index contributed by atoms with van der Waals surface area (Å²) >= 11 is 0. The normalized spacial score (nSPS) is 12.8. The Bertz CT molecular complexity index is 1440. The minimum absolute atomic E-state index is 0.403. The predicted octanol–water partition coefficient (Wildman–Crippen LogP) is 3.57. The number of allylic oxidation sites excluding steroid dienone is 1. The zero-order chi connectivity index (χ0) is 23.4. The van der Waals surface area contributed by atoms with E-state index >= 15 is 0 Å². The topological polar surface area (TPSA) is 54.7 Å². The van der Waals surface area contributed by atoms with Crippen molar-refractivity contribution in [2.45, 2.75) is 13.4 Å². The van der Waals surface area contributed by atoms with Crippen LogP contribution in [0.5, 0.6) is 0 Å². The van der Waals surface area contributed by atoms with Crippen LogP contribution in [0.3, 0.4) is 0 Å². The summed E-state index contributed by atoms with van der Waals surface area (Å²) in [4.78, 5) is 14.2. The van der Waals surface area contributed by atoms with Crippen LogP contribution in [-0.4, -0.2) is 36.3 Å². The molecule has 0 aliphatic carbocycles. The first-order chi connectivity index (χ1) is 16.1. The molecule has 1 aliphatic heterocycles. The van der Waals surface area contributed by atoms with Crippen molar-refractivity contribution < 1.29 is 14.6 Å². The average molecular weight is 432 g/mol. The molecule has 0 saturated heterocycles. The average Bonchev–Trinajstić information content (AvgIpc) is 3.16. The number of esters is 1. The summed E-state index contributed by atoms with van der Waals surface area (Å²) in [5.41, 5.74) is 4.78. The van der Waals surface area contributed by atoms with Gasteiger partial charge in [0.15, 0.2) is 0 Å². The van der Waals surface area contributed by atoms with Gasteiger partial charge >= 0.3 is 13.0 Å². The van der Waals surface area contributed by atoms with Crippen molar-refractivity contribution in [2.75, 3.05) is 18.5 Å². The molecule has 3 aromatic rings. The van der Waals surface area contributed by atoms with Gasteiger partial charge in [-0.3, -0.25) is 0 Å². The number of rotatable bonds is 2. The highest BCUT2D eigenvalue weighted by molar-refractivity contribution is 6.54. The van der Waals surface area contributed by atoms with Crippen molar-refractivity contribution in [3.63, 3.8) is 0 Å². The lowest BCUT2D eigenvalue weighted by Gasteiger charge is -2.26.